The Hall–Kier alpha value is -3.07. The summed E-state index contributed by atoms with van der Waals surface area (Å²) in [7, 11) is -2.02. The van der Waals surface area contributed by atoms with Gasteiger partial charge in [0.1, 0.15) is 5.75 Å². The molecule has 0 spiro atoms. The minimum Gasteiger partial charge on any atom is -0.497 e. The number of para-hydroxylation sites is 1. The Labute approximate surface area is 183 Å². The number of amides is 2. The van der Waals surface area contributed by atoms with Crippen molar-refractivity contribution in [2.24, 2.45) is 0 Å². The number of sulfonamides is 1. The lowest BCUT2D eigenvalue weighted by Crippen LogP contribution is -2.31. The summed E-state index contributed by atoms with van der Waals surface area (Å²) in [5.41, 5.74) is 1.28. The molecule has 2 rings (SSSR count). The molecule has 0 aliphatic carbocycles. The molecule has 2 N–H and O–H groups in total. The number of ether oxygens (including phenoxy) is 1. The van der Waals surface area contributed by atoms with Crippen LogP contribution in [0.25, 0.3) is 0 Å². The highest BCUT2D eigenvalue weighted by Gasteiger charge is 2.19. The Morgan fingerprint density at radius 2 is 1.84 bits per heavy atom. The number of nitrogens with zero attached hydrogens (tertiary/aromatic N) is 1. The highest BCUT2D eigenvalue weighted by atomic mass is 32.2. The van der Waals surface area contributed by atoms with Gasteiger partial charge in [-0.3, -0.25) is 13.9 Å². The Balaban J connectivity index is 2.01. The topological polar surface area (TPSA) is 105 Å². The van der Waals surface area contributed by atoms with Gasteiger partial charge in [-0.15, -0.1) is 0 Å². The van der Waals surface area contributed by atoms with Crippen LogP contribution in [0.2, 0.25) is 0 Å². The van der Waals surface area contributed by atoms with Gasteiger partial charge in [0, 0.05) is 25.6 Å². The summed E-state index contributed by atoms with van der Waals surface area (Å²) < 4.78 is 30.9. The smallest absolute Gasteiger partial charge is 0.253 e. The molecule has 0 aliphatic rings. The molecule has 2 aromatic carbocycles. The molecule has 0 aromatic heterocycles. The molecule has 0 saturated heterocycles. The predicted octanol–water partition coefficient (Wildman–Crippen LogP) is 3.02. The molecule has 0 unspecified atom stereocenters. The number of carbonyl (C=O) groups excluding carboxylic acids is 2. The van der Waals surface area contributed by atoms with Crippen molar-refractivity contribution in [2.75, 3.05) is 36.1 Å². The summed E-state index contributed by atoms with van der Waals surface area (Å²) in [5.74, 6) is -0.00397. The molecule has 9 heteroatoms. The molecular formula is C22H29N3O5S. The molecule has 2 aromatic rings. The van der Waals surface area contributed by atoms with E-state index in [-0.39, 0.29) is 24.8 Å². The predicted molar refractivity (Wildman–Crippen MR) is 122 cm³/mol. The van der Waals surface area contributed by atoms with Crippen LogP contribution in [-0.2, 0) is 14.8 Å². The van der Waals surface area contributed by atoms with E-state index in [9.17, 15) is 18.0 Å². The van der Waals surface area contributed by atoms with Gasteiger partial charge < -0.3 is 15.4 Å². The monoisotopic (exact) mass is 447 g/mol. The van der Waals surface area contributed by atoms with Crippen molar-refractivity contribution in [3.63, 3.8) is 0 Å². The molecule has 168 valence electrons. The lowest BCUT2D eigenvalue weighted by molar-refractivity contribution is -0.116. The summed E-state index contributed by atoms with van der Waals surface area (Å²) >= 11 is 0. The maximum absolute atomic E-state index is 12.4. The van der Waals surface area contributed by atoms with E-state index >= 15 is 0 Å². The number of benzene rings is 2. The van der Waals surface area contributed by atoms with E-state index < -0.39 is 10.0 Å². The molecule has 0 heterocycles. The van der Waals surface area contributed by atoms with Crippen LogP contribution in [0.15, 0.2) is 48.5 Å². The van der Waals surface area contributed by atoms with Gasteiger partial charge in [0.05, 0.1) is 30.3 Å². The van der Waals surface area contributed by atoms with Gasteiger partial charge in [0.15, 0.2) is 0 Å². The number of rotatable bonds is 11. The lowest BCUT2D eigenvalue weighted by Gasteiger charge is -2.22. The zero-order chi connectivity index (χ0) is 22.9. The van der Waals surface area contributed by atoms with Gasteiger partial charge in [-0.05, 0) is 37.1 Å². The Morgan fingerprint density at radius 1 is 1.10 bits per heavy atom. The molecule has 0 radical (unpaired) electrons. The lowest BCUT2D eigenvalue weighted by atomic mass is 10.1. The number of hydrogen-bond acceptors (Lipinski definition) is 5. The highest BCUT2D eigenvalue weighted by Crippen LogP contribution is 2.23. The average molecular weight is 448 g/mol. The van der Waals surface area contributed by atoms with Gasteiger partial charge in [-0.25, -0.2) is 8.42 Å². The van der Waals surface area contributed by atoms with E-state index in [1.165, 1.54) is 11.4 Å². The van der Waals surface area contributed by atoms with E-state index in [4.69, 9.17) is 4.74 Å². The fourth-order valence-corrected chi connectivity index (χ4v) is 3.93. The summed E-state index contributed by atoms with van der Waals surface area (Å²) in [6.45, 7) is 2.64. The van der Waals surface area contributed by atoms with Gasteiger partial charge >= 0.3 is 0 Å². The number of anilines is 2. The number of hydrogen-bond donors (Lipinski definition) is 2. The summed E-state index contributed by atoms with van der Waals surface area (Å²) in [5, 5.41) is 5.54. The van der Waals surface area contributed by atoms with Gasteiger partial charge in [-0.1, -0.05) is 25.1 Å². The van der Waals surface area contributed by atoms with Crippen molar-refractivity contribution in [1.29, 1.82) is 0 Å². The first kappa shape index (κ1) is 24.2. The van der Waals surface area contributed by atoms with Crippen molar-refractivity contribution in [1.82, 2.24) is 5.32 Å². The van der Waals surface area contributed by atoms with E-state index in [1.807, 2.05) is 6.92 Å². The van der Waals surface area contributed by atoms with Crippen LogP contribution in [0, 0.1) is 0 Å². The maximum atomic E-state index is 12.4. The summed E-state index contributed by atoms with van der Waals surface area (Å²) in [4.78, 5) is 24.7. The molecule has 0 saturated carbocycles. The quantitative estimate of drug-likeness (QED) is 0.551. The molecule has 0 atom stereocenters. The SMILES string of the molecule is CCCNC(=O)c1ccccc1NC(=O)CCCN(c1cccc(OC)c1)S(C)(=O)=O. The molecule has 31 heavy (non-hydrogen) atoms. The fourth-order valence-electron chi connectivity index (χ4n) is 2.97. The number of methoxy groups -OCH3 is 1. The van der Waals surface area contributed by atoms with Crippen LogP contribution >= 0.6 is 0 Å². The van der Waals surface area contributed by atoms with Crippen LogP contribution in [0.3, 0.4) is 0 Å². The summed E-state index contributed by atoms with van der Waals surface area (Å²) in [6.07, 6.45) is 2.34. The first-order valence-electron chi connectivity index (χ1n) is 10.0. The van der Waals surface area contributed by atoms with E-state index in [2.05, 4.69) is 10.6 Å². The zero-order valence-electron chi connectivity index (χ0n) is 18.1. The summed E-state index contributed by atoms with van der Waals surface area (Å²) in [6, 6.07) is 13.5. The molecule has 8 nitrogen and oxygen atoms in total. The van der Waals surface area contributed by atoms with Crippen molar-refractivity contribution in [2.45, 2.75) is 26.2 Å². The molecule has 0 aliphatic heterocycles. The van der Waals surface area contributed by atoms with E-state index in [0.717, 1.165) is 12.7 Å². The molecular weight excluding hydrogens is 418 g/mol. The standard InChI is InChI=1S/C22H29N3O5S/c1-4-14-23-22(27)19-11-5-6-12-20(19)24-21(26)13-8-15-25(31(3,28)29)17-9-7-10-18(16-17)30-2/h5-7,9-12,16H,4,8,13-15H2,1-3H3,(H,23,27)(H,24,26). The number of nitrogens with one attached hydrogen (secondary N) is 2. The first-order valence-corrected chi connectivity index (χ1v) is 11.9. The Bertz CT molecular complexity index is 1010. The minimum atomic E-state index is -3.53. The van der Waals surface area contributed by atoms with E-state index in [1.54, 1.807) is 48.5 Å². The highest BCUT2D eigenvalue weighted by molar-refractivity contribution is 7.92. The minimum absolute atomic E-state index is 0.0981. The second-order valence-electron chi connectivity index (χ2n) is 6.99. The van der Waals surface area contributed by atoms with Crippen molar-refractivity contribution < 1.29 is 22.7 Å². The third-order valence-corrected chi connectivity index (χ3v) is 5.68. The van der Waals surface area contributed by atoms with Gasteiger partial charge in [0.2, 0.25) is 15.9 Å². The molecule has 0 bridgehead atoms. The average Bonchev–Trinajstić information content (AvgIpc) is 2.74. The van der Waals surface area contributed by atoms with Gasteiger partial charge in [-0.2, -0.15) is 0 Å². The Morgan fingerprint density at radius 3 is 2.52 bits per heavy atom. The van der Waals surface area contributed by atoms with Gasteiger partial charge in [0.25, 0.3) is 5.91 Å². The first-order chi connectivity index (χ1) is 14.8. The zero-order valence-corrected chi connectivity index (χ0v) is 18.9. The third kappa shape index (κ3) is 7.29. The van der Waals surface area contributed by atoms with Crippen LogP contribution in [0.1, 0.15) is 36.5 Å². The second kappa shape index (κ2) is 11.4. The van der Waals surface area contributed by atoms with Crippen molar-refractivity contribution in [3.05, 3.63) is 54.1 Å². The molecule has 0 fully saturated rings. The fraction of sp³-hybridized carbons (Fsp3) is 0.364. The van der Waals surface area contributed by atoms with E-state index in [0.29, 0.717) is 35.7 Å². The largest absolute Gasteiger partial charge is 0.497 e. The number of carbonyl (C=O) groups is 2. The van der Waals surface area contributed by atoms with Crippen LogP contribution < -0.4 is 19.7 Å². The molecule has 2 amide bonds. The van der Waals surface area contributed by atoms with Crippen LogP contribution in [0.5, 0.6) is 5.75 Å². The van der Waals surface area contributed by atoms with Crippen molar-refractivity contribution in [3.8, 4) is 5.75 Å². The maximum Gasteiger partial charge on any atom is 0.253 e. The van der Waals surface area contributed by atoms with Crippen LogP contribution in [-0.4, -0.2) is 46.7 Å². The van der Waals surface area contributed by atoms with Crippen molar-refractivity contribution >= 4 is 33.2 Å². The van der Waals surface area contributed by atoms with Crippen LogP contribution in [0.4, 0.5) is 11.4 Å². The second-order valence-corrected chi connectivity index (χ2v) is 8.90. The normalized spacial score (nSPS) is 10.9. The third-order valence-electron chi connectivity index (χ3n) is 4.49. The Kier molecular flexibility index (Phi) is 8.87.